The third-order valence-corrected chi connectivity index (χ3v) is 3.61. The maximum Gasteiger partial charge on any atom is 0.193 e. The average Bonchev–Trinajstić information content (AvgIpc) is 3.07. The van der Waals surface area contributed by atoms with E-state index in [9.17, 15) is 0 Å². The Morgan fingerprint density at radius 3 is 2.62 bits per heavy atom. The molecule has 0 fully saturated rings. The zero-order chi connectivity index (χ0) is 17.2. The molecule has 0 spiro atoms. The summed E-state index contributed by atoms with van der Waals surface area (Å²) >= 11 is 0. The van der Waals surface area contributed by atoms with Gasteiger partial charge in [0.15, 0.2) is 5.96 Å². The van der Waals surface area contributed by atoms with Crippen molar-refractivity contribution >= 4 is 5.96 Å². The van der Waals surface area contributed by atoms with E-state index >= 15 is 0 Å². The third-order valence-electron chi connectivity index (χ3n) is 3.61. The quantitative estimate of drug-likeness (QED) is 0.459. The molecule has 24 heavy (non-hydrogen) atoms. The first-order valence-electron chi connectivity index (χ1n) is 8.35. The second kappa shape index (κ2) is 9.60. The van der Waals surface area contributed by atoms with Crippen LogP contribution in [-0.4, -0.2) is 37.5 Å². The van der Waals surface area contributed by atoms with Crippen LogP contribution in [0.5, 0.6) is 0 Å². The van der Waals surface area contributed by atoms with Gasteiger partial charge in [0.2, 0.25) is 0 Å². The largest absolute Gasteiger partial charge is 0.469 e. The van der Waals surface area contributed by atoms with Crippen molar-refractivity contribution in [1.29, 1.82) is 0 Å². The predicted molar refractivity (Wildman–Crippen MR) is 100 cm³/mol. The summed E-state index contributed by atoms with van der Waals surface area (Å²) in [6.07, 6.45) is 3.47. The Labute approximate surface area is 144 Å². The average molecular weight is 325 g/mol. The fourth-order valence-corrected chi connectivity index (χ4v) is 2.48. The summed E-state index contributed by atoms with van der Waals surface area (Å²) in [5.74, 6) is 1.87. The molecule has 2 rings (SSSR count). The van der Waals surface area contributed by atoms with Crippen LogP contribution in [0.15, 0.2) is 70.3 Å². The van der Waals surface area contributed by atoms with Gasteiger partial charge in [0.25, 0.3) is 0 Å². The molecule has 0 unspecified atom stereocenters. The van der Waals surface area contributed by atoms with E-state index in [1.807, 2.05) is 32.2 Å². The molecule has 2 aromatic rings. The van der Waals surface area contributed by atoms with Crippen LogP contribution in [0.3, 0.4) is 0 Å². The molecule has 0 radical (unpaired) electrons. The van der Waals surface area contributed by atoms with Gasteiger partial charge < -0.3 is 14.6 Å². The van der Waals surface area contributed by atoms with Crippen LogP contribution in [0.25, 0.3) is 0 Å². The Kier molecular flexibility index (Phi) is 7.15. The lowest BCUT2D eigenvalue weighted by Crippen LogP contribution is -2.40. The van der Waals surface area contributed by atoms with Gasteiger partial charge in [-0.3, -0.25) is 4.99 Å². The monoisotopic (exact) mass is 325 g/mol. The van der Waals surface area contributed by atoms with Crippen LogP contribution >= 0.6 is 0 Å². The van der Waals surface area contributed by atoms with Crippen molar-refractivity contribution in [3.63, 3.8) is 0 Å². The fourth-order valence-electron chi connectivity index (χ4n) is 2.48. The normalized spacial score (nSPS) is 11.3. The number of nitrogens with one attached hydrogen (secondary N) is 1. The molecule has 0 aliphatic heterocycles. The van der Waals surface area contributed by atoms with Crippen molar-refractivity contribution < 1.29 is 4.42 Å². The highest BCUT2D eigenvalue weighted by molar-refractivity contribution is 5.80. The molecule has 0 bridgehead atoms. The predicted octanol–water partition coefficient (Wildman–Crippen LogP) is 3.52. The zero-order valence-electron chi connectivity index (χ0n) is 14.7. The number of furan rings is 1. The molecule has 0 aliphatic carbocycles. The molecule has 0 atom stereocenters. The van der Waals surface area contributed by atoms with Crippen molar-refractivity contribution in [3.05, 3.63) is 72.2 Å². The van der Waals surface area contributed by atoms with Gasteiger partial charge in [-0.1, -0.05) is 42.5 Å². The Balaban J connectivity index is 1.89. The fraction of sp³-hybridized carbons (Fsp3) is 0.350. The maximum absolute atomic E-state index is 5.36. The molecular weight excluding hydrogens is 298 g/mol. The van der Waals surface area contributed by atoms with Gasteiger partial charge in [-0.2, -0.15) is 0 Å². The Morgan fingerprint density at radius 2 is 1.96 bits per heavy atom. The van der Waals surface area contributed by atoms with E-state index in [0.717, 1.165) is 43.2 Å². The van der Waals surface area contributed by atoms with Crippen molar-refractivity contribution in [2.75, 3.05) is 26.7 Å². The summed E-state index contributed by atoms with van der Waals surface area (Å²) in [6, 6.07) is 14.4. The number of likely N-dealkylation sites (N-methyl/N-ethyl adjacent to an activating group) is 1. The zero-order valence-corrected chi connectivity index (χ0v) is 14.7. The van der Waals surface area contributed by atoms with Gasteiger partial charge in [0.1, 0.15) is 5.76 Å². The number of guanidine groups is 1. The van der Waals surface area contributed by atoms with Crippen molar-refractivity contribution in [3.8, 4) is 0 Å². The number of hydrogen-bond acceptors (Lipinski definition) is 2. The van der Waals surface area contributed by atoms with Gasteiger partial charge in [-0.25, -0.2) is 0 Å². The minimum Gasteiger partial charge on any atom is -0.469 e. The minimum absolute atomic E-state index is 0.696. The van der Waals surface area contributed by atoms with Gasteiger partial charge >= 0.3 is 0 Å². The number of nitrogens with zero attached hydrogens (tertiary/aromatic N) is 2. The standard InChI is InChI=1S/C20H27N3O/c1-17(2)16-23(3)20(22-14-12-19-10-7-15-24-19)21-13-11-18-8-5-4-6-9-18/h4-10,15H,1,11-14,16H2,2-3H3,(H,21,22). The van der Waals surface area contributed by atoms with E-state index in [0.29, 0.717) is 6.54 Å². The SMILES string of the molecule is C=C(C)CN(C)C(=NCCc1ccco1)NCCc1ccccc1. The van der Waals surface area contributed by atoms with Crippen molar-refractivity contribution in [1.82, 2.24) is 10.2 Å². The number of hydrogen-bond donors (Lipinski definition) is 1. The van der Waals surface area contributed by atoms with Crippen LogP contribution in [-0.2, 0) is 12.8 Å². The molecule has 1 aromatic heterocycles. The van der Waals surface area contributed by atoms with Crippen molar-refractivity contribution in [2.24, 2.45) is 4.99 Å². The Hall–Kier alpha value is -2.49. The molecule has 0 amide bonds. The molecule has 0 aliphatic rings. The van der Waals surface area contributed by atoms with E-state index < -0.39 is 0 Å². The van der Waals surface area contributed by atoms with Gasteiger partial charge in [-0.15, -0.1) is 0 Å². The van der Waals surface area contributed by atoms with E-state index in [-0.39, 0.29) is 0 Å². The number of rotatable bonds is 8. The molecule has 0 saturated carbocycles. The van der Waals surface area contributed by atoms with Crippen LogP contribution < -0.4 is 5.32 Å². The Bertz CT molecular complexity index is 632. The van der Waals surface area contributed by atoms with E-state index in [1.54, 1.807) is 6.26 Å². The van der Waals surface area contributed by atoms with Gasteiger partial charge in [0.05, 0.1) is 6.26 Å². The number of aliphatic imine (C=N–C) groups is 1. The Morgan fingerprint density at radius 1 is 1.17 bits per heavy atom. The second-order valence-electron chi connectivity index (χ2n) is 6.01. The first kappa shape index (κ1) is 17.9. The van der Waals surface area contributed by atoms with E-state index in [2.05, 4.69) is 41.1 Å². The van der Waals surface area contributed by atoms with Crippen LogP contribution in [0.1, 0.15) is 18.2 Å². The molecule has 1 N–H and O–H groups in total. The summed E-state index contributed by atoms with van der Waals surface area (Å²) in [5.41, 5.74) is 2.43. The summed E-state index contributed by atoms with van der Waals surface area (Å²) in [5, 5.41) is 3.46. The molecule has 128 valence electrons. The van der Waals surface area contributed by atoms with Gasteiger partial charge in [-0.05, 0) is 31.0 Å². The van der Waals surface area contributed by atoms with E-state index in [4.69, 9.17) is 9.41 Å². The summed E-state index contributed by atoms with van der Waals surface area (Å²) in [4.78, 5) is 6.82. The van der Waals surface area contributed by atoms with Crippen LogP contribution in [0.4, 0.5) is 0 Å². The topological polar surface area (TPSA) is 40.8 Å². The van der Waals surface area contributed by atoms with Crippen molar-refractivity contribution in [2.45, 2.75) is 19.8 Å². The summed E-state index contributed by atoms with van der Waals surface area (Å²) < 4.78 is 5.36. The highest BCUT2D eigenvalue weighted by atomic mass is 16.3. The first-order chi connectivity index (χ1) is 11.6. The molecule has 4 heteroatoms. The number of benzene rings is 1. The highest BCUT2D eigenvalue weighted by Gasteiger charge is 2.06. The summed E-state index contributed by atoms with van der Waals surface area (Å²) in [6.45, 7) is 8.35. The van der Waals surface area contributed by atoms with E-state index in [1.165, 1.54) is 5.56 Å². The molecular formula is C20H27N3O. The second-order valence-corrected chi connectivity index (χ2v) is 6.01. The lowest BCUT2D eigenvalue weighted by atomic mass is 10.1. The lowest BCUT2D eigenvalue weighted by molar-refractivity contribution is 0.503. The molecule has 1 aromatic carbocycles. The molecule has 0 saturated heterocycles. The smallest absolute Gasteiger partial charge is 0.193 e. The van der Waals surface area contributed by atoms with Crippen LogP contribution in [0.2, 0.25) is 0 Å². The molecule has 1 heterocycles. The lowest BCUT2D eigenvalue weighted by Gasteiger charge is -2.22. The first-order valence-corrected chi connectivity index (χ1v) is 8.35. The van der Waals surface area contributed by atoms with Crippen LogP contribution in [0, 0.1) is 0 Å². The third kappa shape index (κ3) is 6.32. The van der Waals surface area contributed by atoms with Gasteiger partial charge in [0, 0.05) is 33.1 Å². The molecule has 4 nitrogen and oxygen atoms in total. The summed E-state index contributed by atoms with van der Waals surface area (Å²) in [7, 11) is 2.04. The maximum atomic E-state index is 5.36. The highest BCUT2D eigenvalue weighted by Crippen LogP contribution is 2.02. The minimum atomic E-state index is 0.696.